The highest BCUT2D eigenvalue weighted by Crippen LogP contribution is 2.22. The Kier molecular flexibility index (Phi) is 2.46. The summed E-state index contributed by atoms with van der Waals surface area (Å²) in [4.78, 5) is 14.6. The molecule has 0 saturated heterocycles. The van der Waals surface area contributed by atoms with Gasteiger partial charge in [0.2, 0.25) is 5.91 Å². The van der Waals surface area contributed by atoms with Gasteiger partial charge in [0.05, 0.1) is 5.69 Å². The van der Waals surface area contributed by atoms with Crippen molar-refractivity contribution < 1.29 is 4.79 Å². The first kappa shape index (κ1) is 9.77. The molecule has 0 spiro atoms. The van der Waals surface area contributed by atoms with Crippen molar-refractivity contribution in [3.63, 3.8) is 0 Å². The number of carbonyl (C=O) groups is 1. The summed E-state index contributed by atoms with van der Waals surface area (Å²) in [7, 11) is 0. The van der Waals surface area contributed by atoms with Crippen LogP contribution in [0.5, 0.6) is 0 Å². The molecular weight excluding hydrogens is 188 g/mol. The lowest BCUT2D eigenvalue weighted by Gasteiger charge is -2.05. The number of para-hydroxylation sites is 1. The molecule has 2 aromatic rings. The van der Waals surface area contributed by atoms with E-state index in [0.717, 1.165) is 16.6 Å². The van der Waals surface area contributed by atoms with E-state index in [4.69, 9.17) is 0 Å². The Hall–Kier alpha value is -1.77. The van der Waals surface area contributed by atoms with Gasteiger partial charge in [-0.2, -0.15) is 0 Å². The fraction of sp³-hybridized carbons (Fsp3) is 0.250. The summed E-state index contributed by atoms with van der Waals surface area (Å²) in [6, 6.07) is 7.90. The number of benzene rings is 1. The Balaban J connectivity index is 2.33. The standard InChI is InChI=1S/C12H14N2O/c1-8(2)12(15)14-11-7-13-10-6-4-3-5-9(10)11/h3-8,13H,1-2H3,(H,14,15). The van der Waals surface area contributed by atoms with E-state index in [9.17, 15) is 4.79 Å². The largest absolute Gasteiger partial charge is 0.359 e. The third-order valence-electron chi connectivity index (χ3n) is 2.37. The van der Waals surface area contributed by atoms with Gasteiger partial charge in [-0.15, -0.1) is 0 Å². The zero-order chi connectivity index (χ0) is 10.8. The molecule has 0 atom stereocenters. The van der Waals surface area contributed by atoms with Crippen LogP contribution in [0.15, 0.2) is 30.5 Å². The van der Waals surface area contributed by atoms with Crippen LogP contribution >= 0.6 is 0 Å². The molecule has 15 heavy (non-hydrogen) atoms. The first-order chi connectivity index (χ1) is 7.18. The molecule has 2 N–H and O–H groups in total. The van der Waals surface area contributed by atoms with Gasteiger partial charge in [-0.05, 0) is 6.07 Å². The van der Waals surface area contributed by atoms with Crippen molar-refractivity contribution in [2.45, 2.75) is 13.8 Å². The van der Waals surface area contributed by atoms with E-state index in [2.05, 4.69) is 10.3 Å². The van der Waals surface area contributed by atoms with Gasteiger partial charge in [0.1, 0.15) is 0 Å². The van der Waals surface area contributed by atoms with Gasteiger partial charge in [0.15, 0.2) is 0 Å². The number of anilines is 1. The van der Waals surface area contributed by atoms with Crippen LogP contribution in [0.4, 0.5) is 5.69 Å². The number of aromatic nitrogens is 1. The molecule has 3 nitrogen and oxygen atoms in total. The van der Waals surface area contributed by atoms with Crippen LogP contribution in [-0.2, 0) is 4.79 Å². The number of H-pyrrole nitrogens is 1. The molecule has 0 unspecified atom stereocenters. The molecule has 0 bridgehead atoms. The summed E-state index contributed by atoms with van der Waals surface area (Å²) < 4.78 is 0. The zero-order valence-corrected chi connectivity index (χ0v) is 8.87. The van der Waals surface area contributed by atoms with E-state index in [1.54, 1.807) is 0 Å². The normalized spacial score (nSPS) is 10.9. The van der Waals surface area contributed by atoms with E-state index in [1.807, 2.05) is 44.3 Å². The van der Waals surface area contributed by atoms with Crippen molar-refractivity contribution in [1.82, 2.24) is 4.98 Å². The van der Waals surface area contributed by atoms with Crippen LogP contribution in [0, 0.1) is 5.92 Å². The van der Waals surface area contributed by atoms with Gasteiger partial charge >= 0.3 is 0 Å². The molecule has 0 fully saturated rings. The fourth-order valence-electron chi connectivity index (χ4n) is 1.45. The van der Waals surface area contributed by atoms with E-state index in [-0.39, 0.29) is 11.8 Å². The summed E-state index contributed by atoms with van der Waals surface area (Å²) in [6.45, 7) is 3.76. The third-order valence-corrected chi connectivity index (χ3v) is 2.37. The van der Waals surface area contributed by atoms with Gasteiger partial charge in [-0.25, -0.2) is 0 Å². The number of aromatic amines is 1. The van der Waals surface area contributed by atoms with E-state index >= 15 is 0 Å². The Bertz CT molecular complexity index is 485. The van der Waals surface area contributed by atoms with E-state index < -0.39 is 0 Å². The molecule has 1 aromatic carbocycles. The lowest BCUT2D eigenvalue weighted by molar-refractivity contribution is -0.118. The van der Waals surface area contributed by atoms with Gasteiger partial charge in [-0.1, -0.05) is 32.0 Å². The van der Waals surface area contributed by atoms with Crippen molar-refractivity contribution in [2.75, 3.05) is 5.32 Å². The minimum absolute atomic E-state index is 0.00124. The number of nitrogens with one attached hydrogen (secondary N) is 2. The maximum Gasteiger partial charge on any atom is 0.226 e. The first-order valence-electron chi connectivity index (χ1n) is 5.05. The van der Waals surface area contributed by atoms with Crippen molar-refractivity contribution in [1.29, 1.82) is 0 Å². The van der Waals surface area contributed by atoms with Crippen molar-refractivity contribution in [3.8, 4) is 0 Å². The number of fused-ring (bicyclic) bond motifs is 1. The Labute approximate surface area is 88.5 Å². The highest BCUT2D eigenvalue weighted by atomic mass is 16.1. The van der Waals surface area contributed by atoms with Crippen LogP contribution in [0.3, 0.4) is 0 Å². The third kappa shape index (κ3) is 1.86. The van der Waals surface area contributed by atoms with Crippen molar-refractivity contribution in [3.05, 3.63) is 30.5 Å². The van der Waals surface area contributed by atoms with Gasteiger partial charge in [0, 0.05) is 23.0 Å². The highest BCUT2D eigenvalue weighted by molar-refractivity contribution is 6.02. The lowest BCUT2D eigenvalue weighted by atomic mass is 10.2. The van der Waals surface area contributed by atoms with E-state index in [0.29, 0.717) is 0 Å². The molecule has 0 radical (unpaired) electrons. The summed E-state index contributed by atoms with van der Waals surface area (Å²) in [5, 5.41) is 3.94. The maximum atomic E-state index is 11.5. The Morgan fingerprint density at radius 1 is 1.33 bits per heavy atom. The maximum absolute atomic E-state index is 11.5. The zero-order valence-electron chi connectivity index (χ0n) is 8.87. The number of hydrogen-bond donors (Lipinski definition) is 2. The Morgan fingerprint density at radius 2 is 2.07 bits per heavy atom. The van der Waals surface area contributed by atoms with Gasteiger partial charge in [0.25, 0.3) is 0 Å². The average molecular weight is 202 g/mol. The average Bonchev–Trinajstić information content (AvgIpc) is 2.62. The summed E-state index contributed by atoms with van der Waals surface area (Å²) in [5.41, 5.74) is 1.89. The molecule has 0 saturated carbocycles. The highest BCUT2D eigenvalue weighted by Gasteiger charge is 2.09. The molecule has 2 rings (SSSR count). The van der Waals surface area contributed by atoms with Crippen molar-refractivity contribution in [2.24, 2.45) is 5.92 Å². The molecule has 78 valence electrons. The second-order valence-corrected chi connectivity index (χ2v) is 3.89. The molecule has 1 heterocycles. The molecule has 3 heteroatoms. The van der Waals surface area contributed by atoms with Crippen LogP contribution in [0.1, 0.15) is 13.8 Å². The number of rotatable bonds is 2. The molecular formula is C12H14N2O. The summed E-state index contributed by atoms with van der Waals surface area (Å²) in [6.07, 6.45) is 1.82. The Morgan fingerprint density at radius 3 is 2.80 bits per heavy atom. The number of amides is 1. The molecule has 1 amide bonds. The van der Waals surface area contributed by atoms with Crippen LogP contribution in [-0.4, -0.2) is 10.9 Å². The molecule has 0 aliphatic rings. The summed E-state index contributed by atoms with van der Waals surface area (Å²) >= 11 is 0. The quantitative estimate of drug-likeness (QED) is 0.772. The monoisotopic (exact) mass is 202 g/mol. The van der Waals surface area contributed by atoms with Crippen LogP contribution in [0.25, 0.3) is 10.9 Å². The molecule has 1 aromatic heterocycles. The predicted octanol–water partition coefficient (Wildman–Crippen LogP) is 2.76. The molecule has 0 aliphatic heterocycles. The lowest BCUT2D eigenvalue weighted by Crippen LogP contribution is -2.17. The van der Waals surface area contributed by atoms with Gasteiger partial charge < -0.3 is 10.3 Å². The topological polar surface area (TPSA) is 44.9 Å². The van der Waals surface area contributed by atoms with Crippen LogP contribution in [0.2, 0.25) is 0 Å². The minimum atomic E-state index is -0.00124. The first-order valence-corrected chi connectivity index (χ1v) is 5.05. The van der Waals surface area contributed by atoms with Gasteiger partial charge in [-0.3, -0.25) is 4.79 Å². The number of carbonyl (C=O) groups excluding carboxylic acids is 1. The van der Waals surface area contributed by atoms with E-state index in [1.165, 1.54) is 0 Å². The van der Waals surface area contributed by atoms with Crippen molar-refractivity contribution >= 4 is 22.5 Å². The summed E-state index contributed by atoms with van der Waals surface area (Å²) in [5.74, 6) is 0.0402. The second-order valence-electron chi connectivity index (χ2n) is 3.89. The smallest absolute Gasteiger partial charge is 0.226 e. The molecule has 0 aliphatic carbocycles. The second kappa shape index (κ2) is 3.77. The van der Waals surface area contributed by atoms with Crippen LogP contribution < -0.4 is 5.32 Å². The fourth-order valence-corrected chi connectivity index (χ4v) is 1.45. The number of hydrogen-bond acceptors (Lipinski definition) is 1. The SMILES string of the molecule is CC(C)C(=O)Nc1c[nH]c2ccccc12. The predicted molar refractivity (Wildman–Crippen MR) is 61.8 cm³/mol. The minimum Gasteiger partial charge on any atom is -0.359 e.